The van der Waals surface area contributed by atoms with Gasteiger partial charge in [-0.3, -0.25) is 0 Å². The van der Waals surface area contributed by atoms with Gasteiger partial charge in [-0.2, -0.15) is 13.2 Å². The highest BCUT2D eigenvalue weighted by Gasteiger charge is 2.37. The molecule has 1 aliphatic heterocycles. The minimum absolute atomic E-state index is 0.0662. The number of pyridine rings is 1. The molecule has 30 heavy (non-hydrogen) atoms. The molecule has 0 spiro atoms. The molecule has 2 aromatic heterocycles. The molecule has 0 bridgehead atoms. The molecule has 2 fully saturated rings. The maximum atomic E-state index is 13.7. The van der Waals surface area contributed by atoms with Gasteiger partial charge in [0.15, 0.2) is 0 Å². The van der Waals surface area contributed by atoms with Crippen LogP contribution in [0.25, 0.3) is 22.2 Å². The van der Waals surface area contributed by atoms with E-state index in [2.05, 4.69) is 19.9 Å². The van der Waals surface area contributed by atoms with Crippen molar-refractivity contribution >= 4 is 22.5 Å². The molecule has 1 aromatic carbocycles. The summed E-state index contributed by atoms with van der Waals surface area (Å²) in [6.45, 7) is 1.86. The van der Waals surface area contributed by atoms with Gasteiger partial charge in [0.2, 0.25) is 0 Å². The molecule has 1 saturated heterocycles. The van der Waals surface area contributed by atoms with E-state index >= 15 is 0 Å². The average molecular weight is 413 g/mol. The number of fused-ring (bicyclic) bond motifs is 1. The number of halogens is 3. The van der Waals surface area contributed by atoms with Crippen molar-refractivity contribution in [2.45, 2.75) is 44.2 Å². The Kier molecular flexibility index (Phi) is 4.52. The van der Waals surface area contributed by atoms with Crippen molar-refractivity contribution in [2.24, 2.45) is 0 Å². The van der Waals surface area contributed by atoms with Crippen LogP contribution in [0.15, 0.2) is 30.6 Å². The standard InChI is InChI=1S/C22H22F3N5/c23-22(24,25)17-6-7-19(26)29-20(17)15-11-18-16(10-14(15)13-4-5-13)21(28-12-27-18)30-8-2-1-3-9-30/h6-7,10-13H,1-5,8-9H2,(H2,26,29). The molecule has 1 saturated carbocycles. The fourth-order valence-electron chi connectivity index (χ4n) is 4.31. The van der Waals surface area contributed by atoms with Gasteiger partial charge < -0.3 is 10.6 Å². The Bertz CT molecular complexity index is 1100. The molecule has 3 heterocycles. The summed E-state index contributed by atoms with van der Waals surface area (Å²) in [5.41, 5.74) is 6.84. The third-order valence-electron chi connectivity index (χ3n) is 5.94. The summed E-state index contributed by atoms with van der Waals surface area (Å²) < 4.78 is 41.2. The summed E-state index contributed by atoms with van der Waals surface area (Å²) in [7, 11) is 0. The topological polar surface area (TPSA) is 67.9 Å². The summed E-state index contributed by atoms with van der Waals surface area (Å²) in [4.78, 5) is 15.3. The molecule has 156 valence electrons. The van der Waals surface area contributed by atoms with E-state index in [1.807, 2.05) is 6.07 Å². The predicted molar refractivity (Wildman–Crippen MR) is 110 cm³/mol. The predicted octanol–water partition coefficient (Wildman–Crippen LogP) is 5.16. The molecular formula is C22H22F3N5. The zero-order chi connectivity index (χ0) is 20.9. The maximum Gasteiger partial charge on any atom is 0.418 e. The second-order valence-corrected chi connectivity index (χ2v) is 8.11. The molecule has 5 rings (SSSR count). The van der Waals surface area contributed by atoms with Gasteiger partial charge in [0, 0.05) is 24.0 Å². The number of aromatic nitrogens is 3. The van der Waals surface area contributed by atoms with Crippen LogP contribution in [-0.2, 0) is 6.18 Å². The molecular weight excluding hydrogens is 391 g/mol. The monoisotopic (exact) mass is 413 g/mol. The van der Waals surface area contributed by atoms with E-state index in [9.17, 15) is 13.2 Å². The molecule has 1 aliphatic carbocycles. The van der Waals surface area contributed by atoms with Crippen LogP contribution in [-0.4, -0.2) is 28.0 Å². The van der Waals surface area contributed by atoms with Crippen LogP contribution in [0.5, 0.6) is 0 Å². The van der Waals surface area contributed by atoms with Gasteiger partial charge >= 0.3 is 6.18 Å². The second-order valence-electron chi connectivity index (χ2n) is 8.11. The number of nitrogens with zero attached hydrogens (tertiary/aromatic N) is 4. The van der Waals surface area contributed by atoms with Crippen molar-refractivity contribution in [1.82, 2.24) is 15.0 Å². The van der Waals surface area contributed by atoms with E-state index in [-0.39, 0.29) is 17.4 Å². The van der Waals surface area contributed by atoms with Gasteiger partial charge in [0.1, 0.15) is 18.0 Å². The first-order valence-corrected chi connectivity index (χ1v) is 10.3. The Labute approximate surface area is 172 Å². The Morgan fingerprint density at radius 2 is 1.77 bits per heavy atom. The lowest BCUT2D eigenvalue weighted by molar-refractivity contribution is -0.137. The number of piperidine rings is 1. The first-order valence-electron chi connectivity index (χ1n) is 10.3. The lowest BCUT2D eigenvalue weighted by Gasteiger charge is -2.28. The van der Waals surface area contributed by atoms with Crippen molar-refractivity contribution in [3.05, 3.63) is 41.7 Å². The highest BCUT2D eigenvalue weighted by molar-refractivity contribution is 5.94. The van der Waals surface area contributed by atoms with Gasteiger partial charge in [0.25, 0.3) is 0 Å². The smallest absolute Gasteiger partial charge is 0.384 e. The van der Waals surface area contributed by atoms with E-state index in [0.29, 0.717) is 11.1 Å². The first-order chi connectivity index (χ1) is 14.4. The van der Waals surface area contributed by atoms with Crippen molar-refractivity contribution in [1.29, 1.82) is 0 Å². The van der Waals surface area contributed by atoms with Crippen LogP contribution in [0.3, 0.4) is 0 Å². The molecule has 0 radical (unpaired) electrons. The summed E-state index contributed by atoms with van der Waals surface area (Å²) >= 11 is 0. The lowest BCUT2D eigenvalue weighted by Crippen LogP contribution is -2.30. The lowest BCUT2D eigenvalue weighted by atomic mass is 9.94. The minimum atomic E-state index is -4.52. The van der Waals surface area contributed by atoms with Crippen molar-refractivity contribution in [2.75, 3.05) is 23.7 Å². The molecule has 0 unspecified atom stereocenters. The number of alkyl halides is 3. The van der Waals surface area contributed by atoms with Crippen molar-refractivity contribution < 1.29 is 13.2 Å². The van der Waals surface area contributed by atoms with Crippen LogP contribution in [0.4, 0.5) is 24.8 Å². The third kappa shape index (κ3) is 3.44. The minimum Gasteiger partial charge on any atom is -0.384 e. The first kappa shape index (κ1) is 19.1. The van der Waals surface area contributed by atoms with Gasteiger partial charge in [0.05, 0.1) is 16.8 Å². The van der Waals surface area contributed by atoms with Crippen LogP contribution in [0.1, 0.15) is 49.1 Å². The van der Waals surface area contributed by atoms with E-state index < -0.39 is 11.7 Å². The Balaban J connectivity index is 1.73. The zero-order valence-electron chi connectivity index (χ0n) is 16.4. The fourth-order valence-corrected chi connectivity index (χ4v) is 4.31. The Hall–Kier alpha value is -2.90. The van der Waals surface area contributed by atoms with Crippen molar-refractivity contribution in [3.8, 4) is 11.3 Å². The van der Waals surface area contributed by atoms with E-state index in [4.69, 9.17) is 5.73 Å². The molecule has 0 atom stereocenters. The van der Waals surface area contributed by atoms with Crippen LogP contribution >= 0.6 is 0 Å². The number of nitrogens with two attached hydrogens (primary N) is 1. The van der Waals surface area contributed by atoms with E-state index in [0.717, 1.165) is 61.6 Å². The average Bonchev–Trinajstić information content (AvgIpc) is 3.57. The number of rotatable bonds is 3. The Morgan fingerprint density at radius 3 is 2.47 bits per heavy atom. The SMILES string of the molecule is Nc1ccc(C(F)(F)F)c(-c2cc3ncnc(N4CCCCC4)c3cc2C2CC2)n1. The molecule has 2 aliphatic rings. The van der Waals surface area contributed by atoms with Gasteiger partial charge in [-0.25, -0.2) is 15.0 Å². The number of benzene rings is 1. The van der Waals surface area contributed by atoms with Crippen LogP contribution in [0, 0.1) is 0 Å². The molecule has 0 amide bonds. The van der Waals surface area contributed by atoms with Crippen LogP contribution < -0.4 is 10.6 Å². The third-order valence-corrected chi connectivity index (χ3v) is 5.94. The summed E-state index contributed by atoms with van der Waals surface area (Å²) in [5.74, 6) is 1.16. The zero-order valence-corrected chi connectivity index (χ0v) is 16.4. The molecule has 5 nitrogen and oxygen atoms in total. The molecule has 8 heteroatoms. The highest BCUT2D eigenvalue weighted by Crippen LogP contribution is 2.48. The number of hydrogen-bond acceptors (Lipinski definition) is 5. The Morgan fingerprint density at radius 1 is 1.00 bits per heavy atom. The van der Waals surface area contributed by atoms with Gasteiger partial charge in [-0.15, -0.1) is 0 Å². The second kappa shape index (κ2) is 7.11. The molecule has 3 aromatic rings. The normalized spacial score (nSPS) is 17.5. The summed E-state index contributed by atoms with van der Waals surface area (Å²) in [5, 5.41) is 0.891. The van der Waals surface area contributed by atoms with Gasteiger partial charge in [-0.05, 0) is 67.9 Å². The maximum absolute atomic E-state index is 13.7. The largest absolute Gasteiger partial charge is 0.418 e. The van der Waals surface area contributed by atoms with Crippen LogP contribution in [0.2, 0.25) is 0 Å². The highest BCUT2D eigenvalue weighted by atomic mass is 19.4. The van der Waals surface area contributed by atoms with E-state index in [1.54, 1.807) is 6.07 Å². The van der Waals surface area contributed by atoms with Crippen molar-refractivity contribution in [3.63, 3.8) is 0 Å². The fraction of sp³-hybridized carbons (Fsp3) is 0.409. The number of nitrogen functional groups attached to an aromatic ring is 1. The van der Waals surface area contributed by atoms with E-state index in [1.165, 1.54) is 18.8 Å². The van der Waals surface area contributed by atoms with Gasteiger partial charge in [-0.1, -0.05) is 0 Å². The summed E-state index contributed by atoms with van der Waals surface area (Å²) in [6, 6.07) is 5.92. The number of hydrogen-bond donors (Lipinski definition) is 1. The molecule has 2 N–H and O–H groups in total. The number of anilines is 2. The quantitative estimate of drug-likeness (QED) is 0.642. The summed E-state index contributed by atoms with van der Waals surface area (Å²) in [6.07, 6.45) is 2.31.